The van der Waals surface area contributed by atoms with Crippen molar-refractivity contribution in [2.45, 2.75) is 12.1 Å². The largest absolute Gasteiger partial charge is 0.497 e. The second-order valence-corrected chi connectivity index (χ2v) is 7.76. The van der Waals surface area contributed by atoms with E-state index in [2.05, 4.69) is 0 Å². The molecular formula is C25H20N2O6. The minimum absolute atomic E-state index is 0.0517. The summed E-state index contributed by atoms with van der Waals surface area (Å²) in [7, 11) is 1.53. The van der Waals surface area contributed by atoms with Gasteiger partial charge >= 0.3 is 5.97 Å². The fourth-order valence-electron chi connectivity index (χ4n) is 4.46. The van der Waals surface area contributed by atoms with E-state index in [4.69, 9.17) is 9.57 Å². The molecule has 3 atom stereocenters. The summed E-state index contributed by atoms with van der Waals surface area (Å²) in [5, 5.41) is 11.3. The second-order valence-electron chi connectivity index (χ2n) is 7.76. The fraction of sp³-hybridized carbons (Fsp3) is 0.160. The van der Waals surface area contributed by atoms with Crippen LogP contribution < -0.4 is 14.7 Å². The summed E-state index contributed by atoms with van der Waals surface area (Å²) in [4.78, 5) is 46.1. The van der Waals surface area contributed by atoms with Gasteiger partial charge in [0.15, 0.2) is 6.10 Å². The van der Waals surface area contributed by atoms with Crippen LogP contribution in [0.25, 0.3) is 0 Å². The predicted molar refractivity (Wildman–Crippen MR) is 119 cm³/mol. The smallest absolute Gasteiger partial charge is 0.336 e. The van der Waals surface area contributed by atoms with Gasteiger partial charge in [-0.3, -0.25) is 14.4 Å². The Morgan fingerprint density at radius 1 is 0.879 bits per heavy atom. The van der Waals surface area contributed by atoms with Crippen LogP contribution in [0, 0.1) is 5.92 Å². The van der Waals surface area contributed by atoms with Crippen molar-refractivity contribution in [1.82, 2.24) is 0 Å². The number of hydrogen-bond acceptors (Lipinski definition) is 6. The molecule has 0 spiro atoms. The van der Waals surface area contributed by atoms with Crippen LogP contribution in [0.3, 0.4) is 0 Å². The number of carbonyl (C=O) groups is 3. The molecule has 0 unspecified atom stereocenters. The number of nitrogens with zero attached hydrogens (tertiary/aromatic N) is 2. The molecule has 0 aromatic heterocycles. The number of hydroxylamine groups is 1. The van der Waals surface area contributed by atoms with Crippen LogP contribution >= 0.6 is 0 Å². The molecule has 2 aliphatic rings. The third kappa shape index (κ3) is 3.32. The standard InChI is InChI=1S/C25H20N2O6/c1-32-17-13-11-15(12-14-17)26-23(28)20-21(18-9-5-6-10-19(18)25(30)31)27(33-22(20)24(26)29)16-7-3-2-4-8-16/h2-14,20-22H,1H3,(H,30,31)/t20-,21-,22+/m0/s1. The Morgan fingerprint density at radius 2 is 1.55 bits per heavy atom. The third-order valence-corrected chi connectivity index (χ3v) is 5.97. The Bertz CT molecular complexity index is 1230. The van der Waals surface area contributed by atoms with E-state index in [0.717, 1.165) is 4.90 Å². The number of carbonyl (C=O) groups excluding carboxylic acids is 2. The van der Waals surface area contributed by atoms with E-state index < -0.39 is 35.8 Å². The minimum atomic E-state index is -1.12. The highest BCUT2D eigenvalue weighted by Gasteiger charge is 2.60. The highest BCUT2D eigenvalue weighted by Crippen LogP contribution is 2.48. The van der Waals surface area contributed by atoms with Crippen LogP contribution in [-0.4, -0.2) is 36.1 Å². The number of ether oxygens (including phenoxy) is 1. The van der Waals surface area contributed by atoms with Gasteiger partial charge in [0.25, 0.3) is 5.91 Å². The number of imide groups is 1. The fourth-order valence-corrected chi connectivity index (χ4v) is 4.46. The first-order valence-electron chi connectivity index (χ1n) is 10.4. The Hall–Kier alpha value is -4.17. The Balaban J connectivity index is 1.61. The summed E-state index contributed by atoms with van der Waals surface area (Å²) >= 11 is 0. The van der Waals surface area contributed by atoms with Crippen LogP contribution in [0.1, 0.15) is 22.0 Å². The van der Waals surface area contributed by atoms with Crippen molar-refractivity contribution in [3.05, 3.63) is 90.0 Å². The van der Waals surface area contributed by atoms with E-state index in [1.165, 1.54) is 18.2 Å². The maximum absolute atomic E-state index is 13.6. The molecule has 2 aliphatic heterocycles. The zero-order valence-corrected chi connectivity index (χ0v) is 17.6. The van der Waals surface area contributed by atoms with Crippen molar-refractivity contribution in [1.29, 1.82) is 0 Å². The number of benzene rings is 3. The minimum Gasteiger partial charge on any atom is -0.497 e. The van der Waals surface area contributed by atoms with Gasteiger partial charge in [-0.1, -0.05) is 36.4 Å². The molecule has 8 nitrogen and oxygen atoms in total. The van der Waals surface area contributed by atoms with Gasteiger partial charge < -0.3 is 9.84 Å². The molecule has 3 aromatic carbocycles. The van der Waals surface area contributed by atoms with Gasteiger partial charge in [0, 0.05) is 0 Å². The van der Waals surface area contributed by atoms with Gasteiger partial charge in [-0.05, 0) is 48.0 Å². The van der Waals surface area contributed by atoms with Gasteiger partial charge in [-0.15, -0.1) is 0 Å². The molecule has 8 heteroatoms. The van der Waals surface area contributed by atoms with E-state index in [-0.39, 0.29) is 5.56 Å². The van der Waals surface area contributed by atoms with Gasteiger partial charge in [0.05, 0.1) is 30.1 Å². The quantitative estimate of drug-likeness (QED) is 0.602. The zero-order valence-electron chi connectivity index (χ0n) is 17.6. The first kappa shape index (κ1) is 20.7. The maximum atomic E-state index is 13.6. The molecule has 166 valence electrons. The maximum Gasteiger partial charge on any atom is 0.336 e. The normalized spacial score (nSPS) is 21.9. The summed E-state index contributed by atoms with van der Waals surface area (Å²) in [6.07, 6.45) is -1.08. The molecule has 0 radical (unpaired) electrons. The van der Waals surface area contributed by atoms with Crippen LogP contribution in [0.4, 0.5) is 11.4 Å². The summed E-state index contributed by atoms with van der Waals surface area (Å²) in [6.45, 7) is 0. The average Bonchev–Trinajstić information content (AvgIpc) is 3.35. The van der Waals surface area contributed by atoms with Gasteiger partial charge in [-0.2, -0.15) is 0 Å². The van der Waals surface area contributed by atoms with E-state index in [1.54, 1.807) is 66.7 Å². The number of carboxylic acid groups (broad SMARTS) is 1. The number of anilines is 2. The monoisotopic (exact) mass is 444 g/mol. The van der Waals surface area contributed by atoms with Crippen LogP contribution in [-0.2, 0) is 14.4 Å². The number of aromatic carboxylic acids is 1. The molecule has 33 heavy (non-hydrogen) atoms. The Morgan fingerprint density at radius 3 is 2.21 bits per heavy atom. The number of methoxy groups -OCH3 is 1. The Labute approximate surface area is 189 Å². The second kappa shape index (κ2) is 8.07. The first-order valence-corrected chi connectivity index (χ1v) is 10.4. The third-order valence-electron chi connectivity index (χ3n) is 5.97. The summed E-state index contributed by atoms with van der Waals surface area (Å²) < 4.78 is 5.16. The molecule has 5 rings (SSSR count). The summed E-state index contributed by atoms with van der Waals surface area (Å²) in [6, 6.07) is 21.3. The lowest BCUT2D eigenvalue weighted by molar-refractivity contribution is -0.126. The number of fused-ring (bicyclic) bond motifs is 1. The Kier molecular flexibility index (Phi) is 5.07. The SMILES string of the molecule is COc1ccc(N2C(=O)[C@@H]3[C@@H](ON(c4ccccc4)[C@H]3c3ccccc3C(=O)O)C2=O)cc1. The van der Waals surface area contributed by atoms with Gasteiger partial charge in [0.1, 0.15) is 11.7 Å². The molecule has 0 saturated carbocycles. The molecule has 2 heterocycles. The molecule has 0 aliphatic carbocycles. The average molecular weight is 444 g/mol. The van der Waals surface area contributed by atoms with Gasteiger partial charge in [0.2, 0.25) is 5.91 Å². The van der Waals surface area contributed by atoms with Crippen molar-refractivity contribution in [2.75, 3.05) is 17.1 Å². The molecule has 0 bridgehead atoms. The van der Waals surface area contributed by atoms with Crippen LogP contribution in [0.5, 0.6) is 5.75 Å². The van der Waals surface area contributed by atoms with Crippen molar-refractivity contribution in [3.63, 3.8) is 0 Å². The molecule has 2 amide bonds. The van der Waals surface area contributed by atoms with Crippen molar-refractivity contribution in [2.24, 2.45) is 5.92 Å². The number of rotatable bonds is 5. The lowest BCUT2D eigenvalue weighted by Crippen LogP contribution is -2.37. The molecular weight excluding hydrogens is 424 g/mol. The highest BCUT2D eigenvalue weighted by atomic mass is 16.7. The van der Waals surface area contributed by atoms with E-state index in [9.17, 15) is 19.5 Å². The van der Waals surface area contributed by atoms with Crippen LogP contribution in [0.15, 0.2) is 78.9 Å². The highest BCUT2D eigenvalue weighted by molar-refractivity contribution is 6.24. The van der Waals surface area contributed by atoms with E-state index >= 15 is 0 Å². The van der Waals surface area contributed by atoms with Crippen molar-refractivity contribution < 1.29 is 29.1 Å². The zero-order chi connectivity index (χ0) is 23.1. The molecule has 3 aromatic rings. The predicted octanol–water partition coefficient (Wildman–Crippen LogP) is 3.44. The summed E-state index contributed by atoms with van der Waals surface area (Å²) in [5.74, 6) is -2.38. The van der Waals surface area contributed by atoms with E-state index in [1.807, 2.05) is 6.07 Å². The first-order chi connectivity index (χ1) is 16.0. The van der Waals surface area contributed by atoms with Crippen molar-refractivity contribution >= 4 is 29.2 Å². The topological polar surface area (TPSA) is 96.4 Å². The van der Waals surface area contributed by atoms with Crippen LogP contribution in [0.2, 0.25) is 0 Å². The van der Waals surface area contributed by atoms with Crippen molar-refractivity contribution in [3.8, 4) is 5.75 Å². The lowest BCUT2D eigenvalue weighted by atomic mass is 9.88. The summed E-state index contributed by atoms with van der Waals surface area (Å²) in [5.41, 5.74) is 1.48. The molecule has 2 fully saturated rings. The van der Waals surface area contributed by atoms with Gasteiger partial charge in [-0.25, -0.2) is 14.8 Å². The number of para-hydroxylation sites is 1. The number of amides is 2. The molecule has 2 saturated heterocycles. The van der Waals surface area contributed by atoms with E-state index in [0.29, 0.717) is 22.7 Å². The molecule has 1 N–H and O–H groups in total. The lowest BCUT2D eigenvalue weighted by Gasteiger charge is -2.29. The number of hydrogen-bond donors (Lipinski definition) is 1. The number of carboxylic acids is 1.